The Morgan fingerprint density at radius 1 is 0.833 bits per heavy atom. The second-order valence-corrected chi connectivity index (χ2v) is 11.8. The first kappa shape index (κ1) is 27.1. The van der Waals surface area contributed by atoms with Crippen molar-refractivity contribution in [1.82, 2.24) is 4.72 Å². The number of ether oxygens (including phenoxy) is 2. The second-order valence-electron chi connectivity index (χ2n) is 7.87. The summed E-state index contributed by atoms with van der Waals surface area (Å²) in [5.41, 5.74) is 2.91. The zero-order chi connectivity index (χ0) is 25.5. The van der Waals surface area contributed by atoms with Crippen LogP contribution in [0.5, 0.6) is 17.2 Å². The van der Waals surface area contributed by atoms with Gasteiger partial charge in [-0.05, 0) is 46.4 Å². The number of rotatable bonds is 10. The molecule has 0 fully saturated rings. The van der Waals surface area contributed by atoms with Crippen molar-refractivity contribution in [3.8, 4) is 28.4 Å². The van der Waals surface area contributed by atoms with E-state index in [0.29, 0.717) is 5.02 Å². The molecule has 0 amide bonds. The molecule has 36 heavy (non-hydrogen) atoms. The lowest BCUT2D eigenvalue weighted by Crippen LogP contribution is -2.19. The zero-order valence-corrected chi connectivity index (χ0v) is 24.7. The van der Waals surface area contributed by atoms with Gasteiger partial charge in [0.25, 0.3) is 0 Å². The standard InChI is InChI=1S/C28H26ClINO3PS/c1-19(31-36-30)23-18-20(29)16-17-24(23)34-35(21-10-5-4-6-11-21)27-15-8-7-12-22(27)28-25(32-2)13-9-14-26(28)33-3/h4-19,31H,1-3H3/t19?,35-/m1/s1. The monoisotopic (exact) mass is 649 g/mol. The Kier molecular flexibility index (Phi) is 9.80. The molecule has 0 saturated heterocycles. The summed E-state index contributed by atoms with van der Waals surface area (Å²) in [5, 5.41) is 2.83. The summed E-state index contributed by atoms with van der Waals surface area (Å²) in [6, 6.07) is 30.3. The summed E-state index contributed by atoms with van der Waals surface area (Å²) in [6.07, 6.45) is 0. The van der Waals surface area contributed by atoms with Crippen molar-refractivity contribution in [3.05, 3.63) is 102 Å². The molecule has 1 N–H and O–H groups in total. The van der Waals surface area contributed by atoms with Gasteiger partial charge in [-0.2, -0.15) is 0 Å². The minimum absolute atomic E-state index is 0.0396. The van der Waals surface area contributed by atoms with E-state index in [1.54, 1.807) is 14.2 Å². The normalized spacial score (nSPS) is 12.6. The fraction of sp³-hybridized carbons (Fsp3) is 0.143. The Hall–Kier alpha value is -1.96. The molecule has 0 saturated carbocycles. The molecule has 4 rings (SSSR count). The predicted molar refractivity (Wildman–Crippen MR) is 163 cm³/mol. The SMILES string of the molecule is COc1cccc(OC)c1-c1ccccc1[P@](Oc1ccc(Cl)cc1C(C)NSI)c1ccccc1. The van der Waals surface area contributed by atoms with Crippen molar-refractivity contribution < 1.29 is 14.0 Å². The summed E-state index contributed by atoms with van der Waals surface area (Å²) < 4.78 is 21.8. The fourth-order valence-corrected chi connectivity index (χ4v) is 7.45. The Bertz CT molecular complexity index is 1290. The van der Waals surface area contributed by atoms with Crippen LogP contribution in [0.15, 0.2) is 91.0 Å². The summed E-state index contributed by atoms with van der Waals surface area (Å²) in [6.45, 7) is 2.10. The molecule has 0 spiro atoms. The lowest BCUT2D eigenvalue weighted by Gasteiger charge is -2.25. The third-order valence-corrected chi connectivity index (χ3v) is 9.07. The number of nitrogens with one attached hydrogen (secondary N) is 1. The molecule has 0 heterocycles. The maximum Gasteiger partial charge on any atom is 0.151 e. The van der Waals surface area contributed by atoms with Crippen LogP contribution in [0.25, 0.3) is 11.1 Å². The van der Waals surface area contributed by atoms with E-state index < -0.39 is 8.15 Å². The summed E-state index contributed by atoms with van der Waals surface area (Å²) >= 11 is 8.62. The van der Waals surface area contributed by atoms with Gasteiger partial charge in [-0.15, -0.1) is 0 Å². The number of hydrogen-bond acceptors (Lipinski definition) is 5. The van der Waals surface area contributed by atoms with E-state index in [2.05, 4.69) is 57.1 Å². The Morgan fingerprint density at radius 3 is 2.17 bits per heavy atom. The molecule has 0 aromatic heterocycles. The van der Waals surface area contributed by atoms with Gasteiger partial charge in [-0.3, -0.25) is 0 Å². The van der Waals surface area contributed by atoms with Crippen LogP contribution in [0.4, 0.5) is 0 Å². The highest BCUT2D eigenvalue weighted by Gasteiger charge is 2.26. The minimum Gasteiger partial charge on any atom is -0.496 e. The van der Waals surface area contributed by atoms with Crippen LogP contribution in [0.1, 0.15) is 18.5 Å². The molecule has 0 aliphatic carbocycles. The number of benzene rings is 4. The molecular weight excluding hydrogens is 624 g/mol. The molecule has 4 nitrogen and oxygen atoms in total. The average molecular weight is 650 g/mol. The molecule has 2 atom stereocenters. The Morgan fingerprint density at radius 2 is 1.50 bits per heavy atom. The van der Waals surface area contributed by atoms with Crippen LogP contribution in [0.3, 0.4) is 0 Å². The predicted octanol–water partition coefficient (Wildman–Crippen LogP) is 8.10. The van der Waals surface area contributed by atoms with Crippen molar-refractivity contribution in [2.45, 2.75) is 13.0 Å². The van der Waals surface area contributed by atoms with E-state index in [0.717, 1.165) is 44.5 Å². The molecule has 1 unspecified atom stereocenters. The Balaban J connectivity index is 1.90. The van der Waals surface area contributed by atoms with Crippen LogP contribution in [0.2, 0.25) is 5.02 Å². The highest BCUT2D eigenvalue weighted by atomic mass is 127. The first-order chi connectivity index (χ1) is 17.6. The maximum absolute atomic E-state index is 6.92. The molecule has 0 aliphatic rings. The molecule has 4 aromatic rings. The van der Waals surface area contributed by atoms with Crippen LogP contribution < -0.4 is 29.3 Å². The third kappa shape index (κ3) is 6.12. The molecule has 186 valence electrons. The van der Waals surface area contributed by atoms with Gasteiger partial charge in [0.15, 0.2) is 8.15 Å². The third-order valence-electron chi connectivity index (χ3n) is 5.66. The van der Waals surface area contributed by atoms with E-state index in [-0.39, 0.29) is 6.04 Å². The topological polar surface area (TPSA) is 39.7 Å². The lowest BCUT2D eigenvalue weighted by molar-refractivity contribution is 0.397. The largest absolute Gasteiger partial charge is 0.496 e. The van der Waals surface area contributed by atoms with Gasteiger partial charge in [0.2, 0.25) is 0 Å². The summed E-state index contributed by atoms with van der Waals surface area (Å²) in [5.74, 6) is 2.28. The zero-order valence-electron chi connectivity index (χ0n) is 20.1. The minimum atomic E-state index is -1.26. The van der Waals surface area contributed by atoms with Crippen LogP contribution in [0, 0.1) is 0 Å². The van der Waals surface area contributed by atoms with Gasteiger partial charge >= 0.3 is 0 Å². The highest BCUT2D eigenvalue weighted by molar-refractivity contribution is 14.2. The van der Waals surface area contributed by atoms with Gasteiger partial charge in [0, 0.05) is 54.0 Å². The van der Waals surface area contributed by atoms with Gasteiger partial charge in [0.1, 0.15) is 17.2 Å². The van der Waals surface area contributed by atoms with Gasteiger partial charge in [0.05, 0.1) is 19.8 Å². The maximum atomic E-state index is 6.92. The van der Waals surface area contributed by atoms with E-state index in [1.807, 2.05) is 66.7 Å². The molecular formula is C28H26ClINO3PS. The number of halogens is 2. The summed E-state index contributed by atoms with van der Waals surface area (Å²) in [7, 11) is 3.64. The van der Waals surface area contributed by atoms with Crippen molar-refractivity contribution >= 4 is 60.7 Å². The quantitative estimate of drug-likeness (QED) is 0.107. The molecule has 4 aromatic carbocycles. The van der Waals surface area contributed by atoms with Gasteiger partial charge < -0.3 is 14.0 Å². The van der Waals surface area contributed by atoms with Crippen molar-refractivity contribution in [1.29, 1.82) is 0 Å². The van der Waals surface area contributed by atoms with Gasteiger partial charge in [-0.25, -0.2) is 4.72 Å². The van der Waals surface area contributed by atoms with E-state index in [4.69, 9.17) is 25.6 Å². The number of methoxy groups -OCH3 is 2. The van der Waals surface area contributed by atoms with Crippen molar-refractivity contribution in [2.24, 2.45) is 0 Å². The van der Waals surface area contributed by atoms with E-state index in [1.165, 1.54) is 9.12 Å². The smallest absolute Gasteiger partial charge is 0.151 e. The van der Waals surface area contributed by atoms with Crippen LogP contribution >= 0.6 is 50.1 Å². The molecule has 0 bridgehead atoms. The molecule has 0 aliphatic heterocycles. The molecule has 0 radical (unpaired) electrons. The first-order valence-electron chi connectivity index (χ1n) is 11.2. The lowest BCUT2D eigenvalue weighted by atomic mass is 10.0. The van der Waals surface area contributed by atoms with Crippen molar-refractivity contribution in [3.63, 3.8) is 0 Å². The van der Waals surface area contributed by atoms with Crippen molar-refractivity contribution in [2.75, 3.05) is 14.2 Å². The average Bonchev–Trinajstić information content (AvgIpc) is 2.92. The first-order valence-corrected chi connectivity index (χ1v) is 16.2. The van der Waals surface area contributed by atoms with Crippen LogP contribution in [-0.2, 0) is 0 Å². The second kappa shape index (κ2) is 13.0. The van der Waals surface area contributed by atoms with Crippen LogP contribution in [-0.4, -0.2) is 14.2 Å². The molecule has 8 heteroatoms. The van der Waals surface area contributed by atoms with E-state index in [9.17, 15) is 0 Å². The fourth-order valence-electron chi connectivity index (χ4n) is 3.95. The van der Waals surface area contributed by atoms with Gasteiger partial charge in [-0.1, -0.05) is 72.3 Å². The number of hydrogen-bond donors (Lipinski definition) is 1. The highest BCUT2D eigenvalue weighted by Crippen LogP contribution is 2.46. The van der Waals surface area contributed by atoms with E-state index >= 15 is 0 Å². The Labute approximate surface area is 235 Å². The summed E-state index contributed by atoms with van der Waals surface area (Å²) in [4.78, 5) is 0.